The third-order valence-corrected chi connectivity index (χ3v) is 5.04. The van der Waals surface area contributed by atoms with E-state index in [2.05, 4.69) is 15.0 Å². The van der Waals surface area contributed by atoms with Crippen molar-refractivity contribution in [3.8, 4) is 0 Å². The van der Waals surface area contributed by atoms with Crippen LogP contribution in [0, 0.1) is 0 Å². The maximum atomic E-state index is 10.2. The van der Waals surface area contributed by atoms with Gasteiger partial charge < -0.3 is 26.2 Å². The average molecular weight is 407 g/mol. The van der Waals surface area contributed by atoms with Crippen molar-refractivity contribution >= 4 is 39.6 Å². The summed E-state index contributed by atoms with van der Waals surface area (Å²) in [4.78, 5) is 12.0. The Hall–Kier alpha value is -1.08. The first-order valence-corrected chi connectivity index (χ1v) is 7.44. The van der Waals surface area contributed by atoms with E-state index >= 15 is 0 Å². The molecule has 0 spiro atoms. The van der Waals surface area contributed by atoms with Crippen LogP contribution in [0.25, 0.3) is 11.2 Å². The minimum atomic E-state index is -1.66. The number of nitrogen functional groups attached to an aromatic ring is 1. The van der Waals surface area contributed by atoms with Gasteiger partial charge in [0.25, 0.3) is 0 Å². The highest BCUT2D eigenvalue weighted by Crippen LogP contribution is 2.42. The van der Waals surface area contributed by atoms with E-state index in [1.807, 2.05) is 22.6 Å². The predicted molar refractivity (Wildman–Crippen MR) is 80.4 cm³/mol. The van der Waals surface area contributed by atoms with E-state index in [9.17, 15) is 20.4 Å². The fourth-order valence-corrected chi connectivity index (χ4v) is 3.03. The van der Waals surface area contributed by atoms with Crippen LogP contribution in [-0.2, 0) is 0 Å². The van der Waals surface area contributed by atoms with Crippen LogP contribution in [0.5, 0.6) is 0 Å². The molecule has 114 valence electrons. The van der Waals surface area contributed by atoms with Crippen molar-refractivity contribution < 1.29 is 20.4 Å². The van der Waals surface area contributed by atoms with Crippen LogP contribution < -0.4 is 5.73 Å². The summed E-state index contributed by atoms with van der Waals surface area (Å²) in [7, 11) is 0. The highest BCUT2D eigenvalue weighted by Gasteiger charge is 2.60. The minimum Gasteiger partial charge on any atom is -0.390 e. The average Bonchev–Trinajstić information content (AvgIpc) is 2.89. The molecule has 1 fully saturated rings. The highest BCUT2D eigenvalue weighted by atomic mass is 127. The van der Waals surface area contributed by atoms with Gasteiger partial charge in [-0.15, -0.1) is 0 Å². The standard InChI is InChI=1S/C11H14IN5O4/c12-8(6(19)7(20)11(21)1-4(11)18)17-3-16-5-9(13)14-2-15-10(5)17/h2-4,6-8,18-21H,1H2,(H2,13,14,15)/t4-,6?,7?,8?,11-/m1/s1. The first-order valence-electron chi connectivity index (χ1n) is 6.20. The number of fused-ring (bicyclic) bond motifs is 1. The van der Waals surface area contributed by atoms with Gasteiger partial charge in [0.15, 0.2) is 11.5 Å². The lowest BCUT2D eigenvalue weighted by Crippen LogP contribution is -2.44. The van der Waals surface area contributed by atoms with E-state index in [-0.39, 0.29) is 12.2 Å². The summed E-state index contributed by atoms with van der Waals surface area (Å²) in [6, 6.07) is 0. The first-order chi connectivity index (χ1) is 9.86. The fourth-order valence-electron chi connectivity index (χ4n) is 2.23. The predicted octanol–water partition coefficient (Wildman–Crippen LogP) is -1.44. The Morgan fingerprint density at radius 2 is 2.05 bits per heavy atom. The van der Waals surface area contributed by atoms with Crippen molar-refractivity contribution in [1.29, 1.82) is 0 Å². The highest BCUT2D eigenvalue weighted by molar-refractivity contribution is 14.1. The van der Waals surface area contributed by atoms with E-state index in [1.165, 1.54) is 17.2 Å². The Morgan fingerprint density at radius 3 is 2.67 bits per heavy atom. The van der Waals surface area contributed by atoms with Crippen molar-refractivity contribution in [2.24, 2.45) is 0 Å². The number of nitrogens with zero attached hydrogens (tertiary/aromatic N) is 4. The van der Waals surface area contributed by atoms with Gasteiger partial charge >= 0.3 is 0 Å². The molecule has 21 heavy (non-hydrogen) atoms. The number of hydrogen-bond acceptors (Lipinski definition) is 8. The molecule has 2 aromatic rings. The molecule has 0 aliphatic heterocycles. The maximum Gasteiger partial charge on any atom is 0.166 e. The van der Waals surface area contributed by atoms with Gasteiger partial charge in [-0.3, -0.25) is 4.57 Å². The molecule has 0 amide bonds. The molecule has 0 aromatic carbocycles. The van der Waals surface area contributed by atoms with Gasteiger partial charge in [-0.2, -0.15) is 0 Å². The van der Waals surface area contributed by atoms with E-state index < -0.39 is 28.0 Å². The quantitative estimate of drug-likeness (QED) is 0.306. The van der Waals surface area contributed by atoms with E-state index in [0.717, 1.165) is 0 Å². The fraction of sp³-hybridized carbons (Fsp3) is 0.545. The molecule has 5 atom stereocenters. The summed E-state index contributed by atoms with van der Waals surface area (Å²) < 4.78 is 0.869. The molecular weight excluding hydrogens is 393 g/mol. The van der Waals surface area contributed by atoms with Crippen LogP contribution in [0.3, 0.4) is 0 Å². The number of rotatable bonds is 4. The summed E-state index contributed by atoms with van der Waals surface area (Å²) in [5.41, 5.74) is 4.84. The van der Waals surface area contributed by atoms with Crippen molar-refractivity contribution in [1.82, 2.24) is 19.5 Å². The van der Waals surface area contributed by atoms with Crippen LogP contribution in [0.4, 0.5) is 5.82 Å². The number of hydrogen-bond donors (Lipinski definition) is 5. The first kappa shape index (κ1) is 14.8. The molecule has 0 bridgehead atoms. The lowest BCUT2D eigenvalue weighted by molar-refractivity contribution is -0.0924. The van der Waals surface area contributed by atoms with Crippen molar-refractivity contribution in [3.63, 3.8) is 0 Å². The lowest BCUT2D eigenvalue weighted by atomic mass is 10.1. The Morgan fingerprint density at radius 1 is 1.38 bits per heavy atom. The molecule has 1 saturated carbocycles. The van der Waals surface area contributed by atoms with Crippen LogP contribution in [0.1, 0.15) is 10.5 Å². The maximum absolute atomic E-state index is 10.2. The number of aliphatic hydroxyl groups is 4. The SMILES string of the molecule is Nc1ncnc2c1ncn2C(I)C(O)C(O)[C@@]1(O)C[C@H]1O. The number of anilines is 1. The zero-order chi connectivity index (χ0) is 15.4. The number of aromatic nitrogens is 4. The molecule has 0 saturated heterocycles. The summed E-state index contributed by atoms with van der Waals surface area (Å²) in [6.07, 6.45) is -1.08. The van der Waals surface area contributed by atoms with Crippen molar-refractivity contribution in [3.05, 3.63) is 12.7 Å². The molecule has 9 nitrogen and oxygen atoms in total. The van der Waals surface area contributed by atoms with Gasteiger partial charge in [-0.25, -0.2) is 15.0 Å². The van der Waals surface area contributed by atoms with Gasteiger partial charge in [0.2, 0.25) is 0 Å². The van der Waals surface area contributed by atoms with Gasteiger partial charge in [-0.05, 0) is 0 Å². The molecule has 2 aromatic heterocycles. The monoisotopic (exact) mass is 407 g/mol. The van der Waals surface area contributed by atoms with E-state index in [1.54, 1.807) is 0 Å². The number of nitrogens with two attached hydrogens (primary N) is 1. The van der Waals surface area contributed by atoms with Gasteiger partial charge in [0.1, 0.15) is 33.7 Å². The largest absolute Gasteiger partial charge is 0.390 e. The van der Waals surface area contributed by atoms with E-state index in [0.29, 0.717) is 11.2 Å². The zero-order valence-corrected chi connectivity index (χ0v) is 12.9. The Balaban J connectivity index is 1.90. The zero-order valence-electron chi connectivity index (χ0n) is 10.7. The minimum absolute atomic E-state index is 0.0361. The molecule has 3 rings (SSSR count). The second-order valence-corrected chi connectivity index (χ2v) is 6.38. The summed E-state index contributed by atoms with van der Waals surface area (Å²) >= 11 is 1.90. The second kappa shape index (κ2) is 4.98. The third kappa shape index (κ3) is 2.26. The van der Waals surface area contributed by atoms with Crippen LogP contribution in [0.15, 0.2) is 12.7 Å². The van der Waals surface area contributed by atoms with Gasteiger partial charge in [0.05, 0.1) is 12.4 Å². The van der Waals surface area contributed by atoms with Gasteiger partial charge in [0, 0.05) is 6.42 Å². The van der Waals surface area contributed by atoms with Crippen LogP contribution in [-0.4, -0.2) is 63.9 Å². The number of imidazole rings is 1. The van der Waals surface area contributed by atoms with Gasteiger partial charge in [-0.1, -0.05) is 22.6 Å². The molecule has 6 N–H and O–H groups in total. The lowest BCUT2D eigenvalue weighted by Gasteiger charge is -2.27. The molecule has 3 unspecified atom stereocenters. The smallest absolute Gasteiger partial charge is 0.166 e. The molecule has 1 aliphatic rings. The molecule has 1 aliphatic carbocycles. The molecule has 0 radical (unpaired) electrons. The third-order valence-electron chi connectivity index (χ3n) is 3.71. The topological polar surface area (TPSA) is 151 Å². The number of aliphatic hydroxyl groups excluding tert-OH is 3. The Labute approximate surface area is 132 Å². The molecular formula is C11H14IN5O4. The Kier molecular flexibility index (Phi) is 3.52. The number of halogens is 1. The summed E-state index contributed by atoms with van der Waals surface area (Å²) in [5.74, 6) is 0.216. The molecule has 10 heteroatoms. The van der Waals surface area contributed by atoms with Crippen molar-refractivity contribution in [2.45, 2.75) is 34.4 Å². The number of alkyl halides is 1. The van der Waals surface area contributed by atoms with Crippen molar-refractivity contribution in [2.75, 3.05) is 5.73 Å². The van der Waals surface area contributed by atoms with Crippen LogP contribution in [0.2, 0.25) is 0 Å². The second-order valence-electron chi connectivity index (χ2n) is 5.10. The summed E-state index contributed by atoms with van der Waals surface area (Å²) in [6.45, 7) is 0. The van der Waals surface area contributed by atoms with Crippen LogP contribution >= 0.6 is 22.6 Å². The van der Waals surface area contributed by atoms with E-state index in [4.69, 9.17) is 5.73 Å². The molecule has 2 heterocycles. The normalized spacial score (nSPS) is 29.3. The summed E-state index contributed by atoms with van der Waals surface area (Å²) in [5, 5.41) is 39.5. The Bertz CT molecular complexity index is 682.